The van der Waals surface area contributed by atoms with Crippen LogP contribution in [0.15, 0.2) is 30.3 Å². The van der Waals surface area contributed by atoms with Gasteiger partial charge in [-0.1, -0.05) is 23.2 Å². The van der Waals surface area contributed by atoms with Crippen molar-refractivity contribution in [2.45, 2.75) is 32.2 Å². The molecule has 7 nitrogen and oxygen atoms in total. The molecule has 3 rings (SSSR count). The second-order valence-electron chi connectivity index (χ2n) is 8.21. The molecule has 1 heterocycles. The number of nitrogens with zero attached hydrogens (tertiary/aromatic N) is 2. The predicted molar refractivity (Wildman–Crippen MR) is 142 cm³/mol. The van der Waals surface area contributed by atoms with E-state index in [9.17, 15) is 4.79 Å². The van der Waals surface area contributed by atoms with Crippen molar-refractivity contribution in [2.75, 3.05) is 27.3 Å². The lowest BCUT2D eigenvalue weighted by Gasteiger charge is -2.07. The highest BCUT2D eigenvalue weighted by atomic mass is 35.5. The van der Waals surface area contributed by atoms with E-state index in [-0.39, 0.29) is 5.91 Å². The molecule has 0 spiro atoms. The molecule has 35 heavy (non-hydrogen) atoms. The molecule has 0 bridgehead atoms. The lowest BCUT2D eigenvalue weighted by atomic mass is 10.1. The van der Waals surface area contributed by atoms with Gasteiger partial charge in [-0.15, -0.1) is 0 Å². The third-order valence-corrected chi connectivity index (χ3v) is 6.62. The molecule has 3 aromatic rings. The predicted octanol–water partition coefficient (Wildman–Crippen LogP) is 4.60. The summed E-state index contributed by atoms with van der Waals surface area (Å²) >= 11 is 12.7. The quantitative estimate of drug-likeness (QED) is 0.270. The van der Waals surface area contributed by atoms with Crippen LogP contribution in [0.4, 0.5) is 0 Å². The number of rotatable bonds is 12. The van der Waals surface area contributed by atoms with E-state index in [2.05, 4.69) is 20.5 Å². The van der Waals surface area contributed by atoms with Crippen molar-refractivity contribution in [1.29, 1.82) is 0 Å². The van der Waals surface area contributed by atoms with Gasteiger partial charge in [-0.25, -0.2) is 9.13 Å². The standard InChI is InChI=1S/C26H32Cl2N4O3/c1-31-22-16-20(27)21(28)17-23(22)32(14-6-4-5-7-25(33)30-13-12-29)26(31)11-9-18-8-10-19(34-2)15-24(18)35-3/h8-11,15-17H,4-7,12-14,29H2,1-3H3/p+1/b11-9+. The Bertz CT molecular complexity index is 1210. The minimum atomic E-state index is 0.0479. The summed E-state index contributed by atoms with van der Waals surface area (Å²) in [7, 11) is 5.28. The number of hydrogen-bond acceptors (Lipinski definition) is 4. The molecule has 0 aliphatic heterocycles. The highest BCUT2D eigenvalue weighted by Gasteiger charge is 2.22. The molecule has 0 fully saturated rings. The second kappa shape index (κ2) is 12.8. The molecule has 0 saturated heterocycles. The number of imidazole rings is 1. The van der Waals surface area contributed by atoms with Crippen LogP contribution in [-0.2, 0) is 18.4 Å². The van der Waals surface area contributed by atoms with Gasteiger partial charge in [0.25, 0.3) is 5.82 Å². The first-order valence-electron chi connectivity index (χ1n) is 11.6. The van der Waals surface area contributed by atoms with E-state index in [4.69, 9.17) is 38.4 Å². The lowest BCUT2D eigenvalue weighted by Crippen LogP contribution is -2.31. The van der Waals surface area contributed by atoms with Crippen LogP contribution in [0.2, 0.25) is 10.0 Å². The van der Waals surface area contributed by atoms with Crippen molar-refractivity contribution < 1.29 is 18.8 Å². The van der Waals surface area contributed by atoms with E-state index in [0.717, 1.165) is 59.7 Å². The molecule has 2 aromatic carbocycles. The molecule has 0 unspecified atom stereocenters. The Labute approximate surface area is 216 Å². The number of unbranched alkanes of at least 4 members (excludes halogenated alkanes) is 2. The average Bonchev–Trinajstić information content (AvgIpc) is 3.11. The molecule has 9 heteroatoms. The maximum atomic E-state index is 11.8. The number of nitrogens with one attached hydrogen (secondary N) is 1. The number of methoxy groups -OCH3 is 2. The third-order valence-electron chi connectivity index (χ3n) is 5.89. The molecule has 0 aliphatic carbocycles. The number of nitrogens with two attached hydrogens (primary N) is 1. The summed E-state index contributed by atoms with van der Waals surface area (Å²) in [5.41, 5.74) is 8.36. The van der Waals surface area contributed by atoms with Crippen LogP contribution in [0.1, 0.15) is 37.1 Å². The normalized spacial score (nSPS) is 11.4. The van der Waals surface area contributed by atoms with Crippen molar-refractivity contribution in [3.8, 4) is 11.5 Å². The zero-order chi connectivity index (χ0) is 25.4. The Kier molecular flexibility index (Phi) is 9.83. The summed E-state index contributed by atoms with van der Waals surface area (Å²) in [5.74, 6) is 2.51. The smallest absolute Gasteiger partial charge is 0.282 e. The molecule has 0 atom stereocenters. The van der Waals surface area contributed by atoms with Gasteiger partial charge in [0, 0.05) is 49.3 Å². The lowest BCUT2D eigenvalue weighted by molar-refractivity contribution is -0.647. The van der Waals surface area contributed by atoms with Crippen molar-refractivity contribution in [3.63, 3.8) is 0 Å². The Hall–Kier alpha value is -2.74. The summed E-state index contributed by atoms with van der Waals surface area (Å²) in [5, 5.41) is 3.84. The summed E-state index contributed by atoms with van der Waals surface area (Å²) in [6.45, 7) is 1.75. The second-order valence-corrected chi connectivity index (χ2v) is 9.03. The van der Waals surface area contributed by atoms with E-state index < -0.39 is 0 Å². The number of amides is 1. The number of carbonyl (C=O) groups excluding carboxylic acids is 1. The van der Waals surface area contributed by atoms with E-state index in [1.54, 1.807) is 14.2 Å². The van der Waals surface area contributed by atoms with Crippen LogP contribution in [0, 0.1) is 0 Å². The summed E-state index contributed by atoms with van der Waals surface area (Å²) in [6, 6.07) is 9.53. The fourth-order valence-electron chi connectivity index (χ4n) is 4.03. The minimum Gasteiger partial charge on any atom is -0.497 e. The van der Waals surface area contributed by atoms with Crippen molar-refractivity contribution in [3.05, 3.63) is 51.8 Å². The topological polar surface area (TPSA) is 82.4 Å². The van der Waals surface area contributed by atoms with Gasteiger partial charge < -0.3 is 20.5 Å². The van der Waals surface area contributed by atoms with Crippen molar-refractivity contribution in [2.24, 2.45) is 12.8 Å². The van der Waals surface area contributed by atoms with E-state index >= 15 is 0 Å². The van der Waals surface area contributed by atoms with Crippen LogP contribution >= 0.6 is 23.2 Å². The number of benzene rings is 2. The fraction of sp³-hybridized carbons (Fsp3) is 0.385. The molecule has 0 radical (unpaired) electrons. The van der Waals surface area contributed by atoms with Gasteiger partial charge in [-0.05, 0) is 37.5 Å². The number of ether oxygens (including phenoxy) is 2. The largest absolute Gasteiger partial charge is 0.497 e. The number of carbonyl (C=O) groups is 1. The summed E-state index contributed by atoms with van der Waals surface area (Å²) < 4.78 is 15.2. The molecule has 3 N–H and O–H groups in total. The summed E-state index contributed by atoms with van der Waals surface area (Å²) in [6.07, 6.45) is 7.26. The summed E-state index contributed by atoms with van der Waals surface area (Å²) in [4.78, 5) is 11.8. The average molecular weight is 520 g/mol. The fourth-order valence-corrected chi connectivity index (χ4v) is 4.34. The van der Waals surface area contributed by atoms with Crippen LogP contribution in [0.5, 0.6) is 11.5 Å². The van der Waals surface area contributed by atoms with Crippen LogP contribution in [0.3, 0.4) is 0 Å². The number of fused-ring (bicyclic) bond motifs is 1. The number of aryl methyl sites for hydroxylation is 2. The molecular formula is C26H33Cl2N4O3+. The minimum absolute atomic E-state index is 0.0479. The Balaban J connectivity index is 1.85. The van der Waals surface area contributed by atoms with Gasteiger partial charge >= 0.3 is 0 Å². The highest BCUT2D eigenvalue weighted by Crippen LogP contribution is 2.29. The monoisotopic (exact) mass is 519 g/mol. The Morgan fingerprint density at radius 2 is 1.86 bits per heavy atom. The zero-order valence-corrected chi connectivity index (χ0v) is 22.0. The van der Waals surface area contributed by atoms with Gasteiger partial charge in [0.05, 0.1) is 37.9 Å². The molecule has 1 aromatic heterocycles. The van der Waals surface area contributed by atoms with Gasteiger partial charge in [0.15, 0.2) is 11.0 Å². The molecule has 1 amide bonds. The molecule has 0 aliphatic rings. The highest BCUT2D eigenvalue weighted by molar-refractivity contribution is 6.42. The van der Waals surface area contributed by atoms with Gasteiger partial charge in [0.1, 0.15) is 11.5 Å². The SMILES string of the molecule is COc1ccc(/C=C/c2n(CCCCCC(=O)NCCN)c3cc(Cl)c(Cl)cc3[n+]2C)c(OC)c1. The zero-order valence-electron chi connectivity index (χ0n) is 20.4. The van der Waals surface area contributed by atoms with Crippen LogP contribution in [0.25, 0.3) is 23.2 Å². The number of aromatic nitrogens is 2. The van der Waals surface area contributed by atoms with Crippen molar-refractivity contribution in [1.82, 2.24) is 9.88 Å². The van der Waals surface area contributed by atoms with Gasteiger partial charge in [0.2, 0.25) is 5.91 Å². The first-order valence-corrected chi connectivity index (χ1v) is 12.4. The Morgan fingerprint density at radius 1 is 1.09 bits per heavy atom. The van der Waals surface area contributed by atoms with Crippen molar-refractivity contribution >= 4 is 52.3 Å². The van der Waals surface area contributed by atoms with Gasteiger partial charge in [-0.3, -0.25) is 4.79 Å². The van der Waals surface area contributed by atoms with E-state index in [1.165, 1.54) is 0 Å². The molecular weight excluding hydrogens is 487 g/mol. The first-order chi connectivity index (χ1) is 16.9. The number of halogens is 2. The van der Waals surface area contributed by atoms with Crippen LogP contribution in [-0.4, -0.2) is 37.8 Å². The van der Waals surface area contributed by atoms with Gasteiger partial charge in [-0.2, -0.15) is 0 Å². The molecule has 0 saturated carbocycles. The Morgan fingerprint density at radius 3 is 2.57 bits per heavy atom. The first kappa shape index (κ1) is 26.9. The maximum Gasteiger partial charge on any atom is 0.282 e. The third kappa shape index (κ3) is 6.69. The molecule has 188 valence electrons. The van der Waals surface area contributed by atoms with Crippen LogP contribution < -0.4 is 25.1 Å². The van der Waals surface area contributed by atoms with E-state index in [1.807, 2.05) is 43.5 Å². The number of hydrogen-bond donors (Lipinski definition) is 2. The maximum absolute atomic E-state index is 11.8. The van der Waals surface area contributed by atoms with E-state index in [0.29, 0.717) is 29.6 Å².